The maximum absolute atomic E-state index is 13.7. The number of nitrogens with one attached hydrogen (secondary N) is 1. The number of thiophene rings is 1. The summed E-state index contributed by atoms with van der Waals surface area (Å²) >= 11 is 1.28. The van der Waals surface area contributed by atoms with Gasteiger partial charge in [-0.1, -0.05) is 29.5 Å². The first-order valence-corrected chi connectivity index (χ1v) is 12.1. The van der Waals surface area contributed by atoms with Gasteiger partial charge in [0, 0.05) is 18.2 Å². The fraction of sp³-hybridized carbons (Fsp3) is 0.375. The minimum Gasteiger partial charge on any atom is -0.496 e. The van der Waals surface area contributed by atoms with Gasteiger partial charge in [-0.05, 0) is 45.7 Å². The summed E-state index contributed by atoms with van der Waals surface area (Å²) in [6.45, 7) is 7.31. The molecule has 0 fully saturated rings. The molecule has 0 saturated heterocycles. The first-order valence-electron chi connectivity index (χ1n) is 11.3. The lowest BCUT2D eigenvalue weighted by Gasteiger charge is -2.19. The fourth-order valence-electron chi connectivity index (χ4n) is 4.07. The van der Waals surface area contributed by atoms with Gasteiger partial charge in [0.25, 0.3) is 5.56 Å². The van der Waals surface area contributed by atoms with Crippen molar-refractivity contribution in [2.45, 2.75) is 52.7 Å². The number of carbonyl (C=O) groups excluding carboxylic acids is 1. The average Bonchev–Trinajstić information content (AvgIpc) is 3.47. The van der Waals surface area contributed by atoms with Crippen LogP contribution in [0.2, 0.25) is 0 Å². The van der Waals surface area contributed by atoms with Crippen LogP contribution in [0.3, 0.4) is 0 Å². The Hall–Kier alpha value is -3.73. The Morgan fingerprint density at radius 1 is 1.14 bits per heavy atom. The normalized spacial score (nSPS) is 12.3. The second-order valence-corrected chi connectivity index (χ2v) is 9.52. The Balaban J connectivity index is 1.92. The van der Waals surface area contributed by atoms with Crippen LogP contribution in [0.15, 0.2) is 46.2 Å². The van der Waals surface area contributed by atoms with Crippen molar-refractivity contribution in [3.05, 3.63) is 68.6 Å². The number of methoxy groups -OCH3 is 1. The van der Waals surface area contributed by atoms with Crippen molar-refractivity contribution in [1.29, 1.82) is 0 Å². The van der Waals surface area contributed by atoms with Gasteiger partial charge in [0.2, 0.25) is 5.91 Å². The molecule has 184 valence electrons. The van der Waals surface area contributed by atoms with Crippen LogP contribution in [0.5, 0.6) is 5.75 Å². The first kappa shape index (κ1) is 24.4. The number of para-hydroxylation sites is 1. The third kappa shape index (κ3) is 4.51. The van der Waals surface area contributed by atoms with Gasteiger partial charge < -0.3 is 10.1 Å². The highest BCUT2D eigenvalue weighted by atomic mass is 32.1. The van der Waals surface area contributed by atoms with Gasteiger partial charge in [0.1, 0.15) is 21.6 Å². The van der Waals surface area contributed by atoms with E-state index < -0.39 is 23.2 Å². The molecule has 11 heteroatoms. The van der Waals surface area contributed by atoms with Gasteiger partial charge in [-0.15, -0.1) is 4.80 Å². The Morgan fingerprint density at radius 3 is 2.49 bits per heavy atom. The summed E-state index contributed by atoms with van der Waals surface area (Å²) in [5.74, 6) is 0.329. The number of benzene rings is 1. The number of ether oxygens (including phenoxy) is 1. The number of aryl methyl sites for hydroxylation is 3. The van der Waals surface area contributed by atoms with Gasteiger partial charge in [0.05, 0.1) is 24.9 Å². The van der Waals surface area contributed by atoms with Gasteiger partial charge in [0.15, 0.2) is 0 Å². The molecule has 1 N–H and O–H groups in total. The van der Waals surface area contributed by atoms with E-state index in [0.717, 1.165) is 15.9 Å². The Labute approximate surface area is 205 Å². The minimum absolute atomic E-state index is 0.127. The zero-order valence-corrected chi connectivity index (χ0v) is 21.1. The molecule has 4 aromatic rings. The fourth-order valence-corrected chi connectivity index (χ4v) is 5.30. The first-order chi connectivity index (χ1) is 16.7. The second-order valence-electron chi connectivity index (χ2n) is 8.54. The van der Waals surface area contributed by atoms with Crippen molar-refractivity contribution in [1.82, 2.24) is 29.4 Å². The van der Waals surface area contributed by atoms with Crippen LogP contribution in [0.25, 0.3) is 15.2 Å². The number of hydrogen-bond acceptors (Lipinski definition) is 7. The Bertz CT molecular complexity index is 1480. The second kappa shape index (κ2) is 9.87. The molecule has 3 heterocycles. The number of nitrogens with zero attached hydrogens (tertiary/aromatic N) is 5. The number of aromatic nitrogens is 5. The van der Waals surface area contributed by atoms with Crippen molar-refractivity contribution in [3.63, 3.8) is 0 Å². The van der Waals surface area contributed by atoms with Crippen LogP contribution < -0.4 is 21.3 Å². The number of hydrogen-bond donors (Lipinski definition) is 1. The molecule has 3 aromatic heterocycles. The summed E-state index contributed by atoms with van der Waals surface area (Å²) in [4.78, 5) is 42.1. The smallest absolute Gasteiger partial charge is 0.332 e. The SMILES string of the molecule is COc1ccccc1CCn1c(=O)n([C@H](C)C(=O)NC(C)C)c(=O)c2c(C)c(-n3nccn3)sc21. The molecule has 0 bridgehead atoms. The topological polar surface area (TPSA) is 113 Å². The molecule has 0 saturated carbocycles. The van der Waals surface area contributed by atoms with Crippen LogP contribution in [0.1, 0.15) is 37.9 Å². The van der Waals surface area contributed by atoms with Gasteiger partial charge >= 0.3 is 5.69 Å². The van der Waals surface area contributed by atoms with E-state index in [1.807, 2.05) is 38.1 Å². The summed E-state index contributed by atoms with van der Waals surface area (Å²) < 4.78 is 8.07. The van der Waals surface area contributed by atoms with Crippen LogP contribution in [0.4, 0.5) is 0 Å². The molecule has 1 atom stereocenters. The highest BCUT2D eigenvalue weighted by molar-refractivity contribution is 7.21. The van der Waals surface area contributed by atoms with E-state index in [9.17, 15) is 14.4 Å². The molecule has 35 heavy (non-hydrogen) atoms. The predicted molar refractivity (Wildman–Crippen MR) is 135 cm³/mol. The molecule has 0 unspecified atom stereocenters. The lowest BCUT2D eigenvalue weighted by atomic mass is 10.1. The lowest BCUT2D eigenvalue weighted by molar-refractivity contribution is -0.124. The molecule has 0 spiro atoms. The molecule has 10 nitrogen and oxygen atoms in total. The predicted octanol–water partition coefficient (Wildman–Crippen LogP) is 2.45. The van der Waals surface area contributed by atoms with E-state index in [-0.39, 0.29) is 6.04 Å². The van der Waals surface area contributed by atoms with Crippen molar-refractivity contribution in [3.8, 4) is 10.8 Å². The minimum atomic E-state index is -0.982. The largest absolute Gasteiger partial charge is 0.496 e. The van der Waals surface area contributed by atoms with E-state index in [2.05, 4.69) is 15.5 Å². The van der Waals surface area contributed by atoms with Crippen molar-refractivity contribution in [2.24, 2.45) is 0 Å². The molecule has 4 rings (SSSR count). The van der Waals surface area contributed by atoms with Gasteiger partial charge in [-0.25, -0.2) is 9.36 Å². The zero-order valence-electron chi connectivity index (χ0n) is 20.3. The van der Waals surface area contributed by atoms with E-state index in [4.69, 9.17) is 4.74 Å². The van der Waals surface area contributed by atoms with Crippen LogP contribution in [-0.2, 0) is 17.8 Å². The van der Waals surface area contributed by atoms with Crippen molar-refractivity contribution < 1.29 is 9.53 Å². The lowest BCUT2D eigenvalue weighted by Crippen LogP contribution is -2.47. The molecular formula is C24H28N6O4S. The van der Waals surface area contributed by atoms with E-state index in [1.54, 1.807) is 37.9 Å². The zero-order chi connectivity index (χ0) is 25.3. The summed E-state index contributed by atoms with van der Waals surface area (Å²) in [5, 5.41) is 12.2. The molecule has 0 radical (unpaired) electrons. The quantitative estimate of drug-likeness (QED) is 0.401. The van der Waals surface area contributed by atoms with E-state index in [0.29, 0.717) is 33.7 Å². The number of fused-ring (bicyclic) bond motifs is 1. The van der Waals surface area contributed by atoms with E-state index in [1.165, 1.54) is 16.1 Å². The van der Waals surface area contributed by atoms with Crippen LogP contribution >= 0.6 is 11.3 Å². The Morgan fingerprint density at radius 2 is 1.83 bits per heavy atom. The summed E-state index contributed by atoms with van der Waals surface area (Å²) in [7, 11) is 1.60. The summed E-state index contributed by atoms with van der Waals surface area (Å²) in [6.07, 6.45) is 3.60. The third-order valence-corrected chi connectivity index (χ3v) is 7.09. The molecular weight excluding hydrogens is 468 g/mol. The summed E-state index contributed by atoms with van der Waals surface area (Å²) in [6, 6.07) is 6.49. The highest BCUT2D eigenvalue weighted by Gasteiger charge is 2.26. The average molecular weight is 497 g/mol. The standard InChI is InChI=1S/C24H28N6O4S/c1-14(2)27-20(31)16(4)29-21(32)19-15(3)22(30-25-11-12-26-30)35-23(19)28(24(29)33)13-10-17-8-6-7-9-18(17)34-5/h6-9,11-12,14,16H,10,13H2,1-5H3,(H,27,31)/t16-/m1/s1. The van der Waals surface area contributed by atoms with Gasteiger partial charge in [-0.2, -0.15) is 10.2 Å². The monoisotopic (exact) mass is 496 g/mol. The van der Waals surface area contributed by atoms with Crippen LogP contribution in [-0.4, -0.2) is 43.2 Å². The maximum atomic E-state index is 13.7. The number of rotatable bonds is 8. The Kier molecular flexibility index (Phi) is 6.88. The molecule has 1 amide bonds. The molecule has 0 aliphatic rings. The van der Waals surface area contributed by atoms with E-state index >= 15 is 0 Å². The third-order valence-electron chi connectivity index (χ3n) is 5.81. The highest BCUT2D eigenvalue weighted by Crippen LogP contribution is 2.31. The molecule has 0 aliphatic carbocycles. The number of amides is 1. The molecule has 1 aromatic carbocycles. The maximum Gasteiger partial charge on any atom is 0.332 e. The van der Waals surface area contributed by atoms with Gasteiger partial charge in [-0.3, -0.25) is 14.2 Å². The number of carbonyl (C=O) groups is 1. The summed E-state index contributed by atoms with van der Waals surface area (Å²) in [5.41, 5.74) is 0.547. The van der Waals surface area contributed by atoms with Crippen molar-refractivity contribution >= 4 is 27.5 Å². The molecule has 0 aliphatic heterocycles. The van der Waals surface area contributed by atoms with Crippen molar-refractivity contribution in [2.75, 3.05) is 7.11 Å². The van der Waals surface area contributed by atoms with Crippen LogP contribution in [0, 0.1) is 6.92 Å².